The van der Waals surface area contributed by atoms with Crippen molar-refractivity contribution in [1.29, 1.82) is 0 Å². The van der Waals surface area contributed by atoms with E-state index in [1.54, 1.807) is 0 Å². The first-order chi connectivity index (χ1) is 8.70. The van der Waals surface area contributed by atoms with E-state index in [1.165, 1.54) is 25.7 Å². The molecule has 19 heavy (non-hydrogen) atoms. The zero-order valence-corrected chi connectivity index (χ0v) is 15.0. The maximum absolute atomic E-state index is 5.51. The summed E-state index contributed by atoms with van der Waals surface area (Å²) in [6.07, 6.45) is 6.51. The fourth-order valence-electron chi connectivity index (χ4n) is 2.06. The molecule has 0 aromatic heterocycles. The van der Waals surface area contributed by atoms with E-state index in [9.17, 15) is 0 Å². The number of hydrogen-bond acceptors (Lipinski definition) is 1. The van der Waals surface area contributed by atoms with E-state index in [-0.39, 0.29) is 5.41 Å². The second-order valence-electron chi connectivity index (χ2n) is 7.31. The molecule has 114 valence electrons. The van der Waals surface area contributed by atoms with Gasteiger partial charge in [0, 0.05) is 11.5 Å². The van der Waals surface area contributed by atoms with Gasteiger partial charge in [0.15, 0.2) is 0 Å². The summed E-state index contributed by atoms with van der Waals surface area (Å²) in [5, 5.41) is 3.59. The quantitative estimate of drug-likeness (QED) is 0.679. The molecule has 1 N–H and O–H groups in total. The van der Waals surface area contributed by atoms with Crippen LogP contribution in [0.3, 0.4) is 0 Å². The van der Waals surface area contributed by atoms with Gasteiger partial charge in [0.25, 0.3) is 0 Å². The van der Waals surface area contributed by atoms with Crippen LogP contribution in [0.1, 0.15) is 80.6 Å². The second kappa shape index (κ2) is 8.94. The highest BCUT2D eigenvalue weighted by atomic mass is 32.1. The molecule has 0 bridgehead atoms. The Balaban J connectivity index is 0.000000711. The van der Waals surface area contributed by atoms with Crippen molar-refractivity contribution in [3.63, 3.8) is 0 Å². The maximum Gasteiger partial charge on any atom is 0.0812 e. The summed E-state index contributed by atoms with van der Waals surface area (Å²) in [6.45, 7) is 15.5. The van der Waals surface area contributed by atoms with Crippen molar-refractivity contribution in [1.82, 2.24) is 5.32 Å². The highest BCUT2D eigenvalue weighted by Crippen LogP contribution is 2.27. The zero-order valence-electron chi connectivity index (χ0n) is 14.2. The summed E-state index contributed by atoms with van der Waals surface area (Å²) in [4.78, 5) is 1.06. The zero-order chi connectivity index (χ0) is 15.1. The van der Waals surface area contributed by atoms with Gasteiger partial charge < -0.3 is 5.32 Å². The van der Waals surface area contributed by atoms with Crippen molar-refractivity contribution < 1.29 is 0 Å². The van der Waals surface area contributed by atoms with Gasteiger partial charge in [-0.25, -0.2) is 0 Å². The molecule has 0 spiro atoms. The lowest BCUT2D eigenvalue weighted by atomic mass is 9.84. The SMILES string of the molecule is CC(C)C.CCC(C)(C)C(=S)NC1CCCCC1C. The van der Waals surface area contributed by atoms with Gasteiger partial charge in [-0.05, 0) is 31.1 Å². The van der Waals surface area contributed by atoms with Crippen LogP contribution in [0, 0.1) is 17.3 Å². The molecule has 0 aliphatic heterocycles. The molecule has 1 nitrogen and oxygen atoms in total. The Labute approximate surface area is 126 Å². The van der Waals surface area contributed by atoms with Gasteiger partial charge in [-0.3, -0.25) is 0 Å². The molecule has 1 saturated carbocycles. The summed E-state index contributed by atoms with van der Waals surface area (Å²) >= 11 is 5.51. The lowest BCUT2D eigenvalue weighted by Gasteiger charge is -2.34. The molecule has 0 heterocycles. The van der Waals surface area contributed by atoms with Crippen molar-refractivity contribution in [3.05, 3.63) is 0 Å². The standard InChI is InChI=1S/C13H25NS.C4H10/c1-5-13(3,4)12(15)14-11-9-7-6-8-10(11)2;1-4(2)3/h10-11H,5-9H2,1-4H3,(H,14,15);4H,1-3H3. The van der Waals surface area contributed by atoms with Crippen LogP contribution >= 0.6 is 12.2 Å². The van der Waals surface area contributed by atoms with E-state index in [1.807, 2.05) is 0 Å². The highest BCUT2D eigenvalue weighted by Gasteiger charge is 2.27. The van der Waals surface area contributed by atoms with Crippen LogP contribution in [0.25, 0.3) is 0 Å². The first-order valence-electron chi connectivity index (χ1n) is 8.01. The summed E-state index contributed by atoms with van der Waals surface area (Å²) in [6, 6.07) is 0.622. The largest absolute Gasteiger partial charge is 0.376 e. The monoisotopic (exact) mass is 285 g/mol. The Morgan fingerprint density at radius 1 is 1.21 bits per heavy atom. The van der Waals surface area contributed by atoms with Crippen molar-refractivity contribution in [3.8, 4) is 0 Å². The number of nitrogens with one attached hydrogen (secondary N) is 1. The topological polar surface area (TPSA) is 12.0 Å². The summed E-state index contributed by atoms with van der Waals surface area (Å²) < 4.78 is 0. The molecule has 2 heteroatoms. The van der Waals surface area contributed by atoms with Crippen LogP contribution in [0.4, 0.5) is 0 Å². The molecular weight excluding hydrogens is 250 g/mol. The molecule has 0 aromatic carbocycles. The normalized spacial score (nSPS) is 23.6. The number of rotatable bonds is 3. The fourth-order valence-corrected chi connectivity index (χ4v) is 2.35. The molecule has 1 aliphatic rings. The lowest BCUT2D eigenvalue weighted by molar-refractivity contribution is 0.302. The smallest absolute Gasteiger partial charge is 0.0812 e. The average Bonchev–Trinajstić information content (AvgIpc) is 2.31. The van der Waals surface area contributed by atoms with E-state index in [0.717, 1.165) is 23.2 Å². The van der Waals surface area contributed by atoms with Crippen molar-refractivity contribution >= 4 is 17.2 Å². The van der Waals surface area contributed by atoms with Crippen LogP contribution in [-0.2, 0) is 0 Å². The minimum atomic E-state index is 0.159. The molecule has 1 fully saturated rings. The predicted octanol–water partition coefficient (Wildman–Crippen LogP) is 5.58. The predicted molar refractivity (Wildman–Crippen MR) is 91.7 cm³/mol. The van der Waals surface area contributed by atoms with Crippen molar-refractivity contribution in [2.24, 2.45) is 17.3 Å². The second-order valence-corrected chi connectivity index (χ2v) is 7.72. The van der Waals surface area contributed by atoms with Crippen LogP contribution in [0.5, 0.6) is 0 Å². The summed E-state index contributed by atoms with van der Waals surface area (Å²) in [5.41, 5.74) is 0.159. The lowest BCUT2D eigenvalue weighted by Crippen LogP contribution is -2.45. The van der Waals surface area contributed by atoms with Gasteiger partial charge in [-0.2, -0.15) is 0 Å². The van der Waals surface area contributed by atoms with Gasteiger partial charge in [0.2, 0.25) is 0 Å². The molecule has 1 rings (SSSR count). The molecule has 2 unspecified atom stereocenters. The summed E-state index contributed by atoms with van der Waals surface area (Å²) in [7, 11) is 0. The van der Waals surface area contributed by atoms with Gasteiger partial charge >= 0.3 is 0 Å². The third-order valence-electron chi connectivity index (χ3n) is 3.93. The maximum atomic E-state index is 5.51. The minimum Gasteiger partial charge on any atom is -0.376 e. The third kappa shape index (κ3) is 7.91. The Bertz CT molecular complexity index is 255. The first kappa shape index (κ1) is 18.9. The molecular formula is C17H35NS. The molecule has 0 radical (unpaired) electrons. The molecule has 1 aliphatic carbocycles. The van der Waals surface area contributed by atoms with E-state index in [0.29, 0.717) is 6.04 Å². The number of hydrogen-bond donors (Lipinski definition) is 1. The van der Waals surface area contributed by atoms with Crippen molar-refractivity contribution in [2.45, 2.75) is 86.6 Å². The highest BCUT2D eigenvalue weighted by molar-refractivity contribution is 7.80. The minimum absolute atomic E-state index is 0.159. The van der Waals surface area contributed by atoms with Gasteiger partial charge in [0.05, 0.1) is 4.99 Å². The van der Waals surface area contributed by atoms with E-state index >= 15 is 0 Å². The van der Waals surface area contributed by atoms with Crippen molar-refractivity contribution in [2.75, 3.05) is 0 Å². The fraction of sp³-hybridized carbons (Fsp3) is 0.941. The van der Waals surface area contributed by atoms with E-state index < -0.39 is 0 Å². The molecule has 2 atom stereocenters. The van der Waals surface area contributed by atoms with Crippen LogP contribution in [0.2, 0.25) is 0 Å². The van der Waals surface area contributed by atoms with Gasteiger partial charge in [0.1, 0.15) is 0 Å². The van der Waals surface area contributed by atoms with E-state index in [4.69, 9.17) is 12.2 Å². The third-order valence-corrected chi connectivity index (χ3v) is 4.60. The molecule has 0 amide bonds. The number of thiocarbonyl (C=S) groups is 1. The summed E-state index contributed by atoms with van der Waals surface area (Å²) in [5.74, 6) is 1.62. The van der Waals surface area contributed by atoms with Crippen LogP contribution < -0.4 is 5.32 Å². The van der Waals surface area contributed by atoms with E-state index in [2.05, 4.69) is 53.8 Å². The van der Waals surface area contributed by atoms with Gasteiger partial charge in [-0.15, -0.1) is 0 Å². The average molecular weight is 286 g/mol. The Morgan fingerprint density at radius 2 is 1.68 bits per heavy atom. The van der Waals surface area contributed by atoms with Crippen LogP contribution in [-0.4, -0.2) is 11.0 Å². The Kier molecular flexibility index (Phi) is 8.89. The van der Waals surface area contributed by atoms with Gasteiger partial charge in [-0.1, -0.05) is 73.5 Å². The molecule has 0 aromatic rings. The Morgan fingerprint density at radius 3 is 2.11 bits per heavy atom. The van der Waals surface area contributed by atoms with Crippen LogP contribution in [0.15, 0.2) is 0 Å². The molecule has 0 saturated heterocycles. The Hall–Kier alpha value is -0.110. The first-order valence-corrected chi connectivity index (χ1v) is 8.42.